The van der Waals surface area contributed by atoms with Crippen LogP contribution in [0.3, 0.4) is 0 Å². The Morgan fingerprint density at radius 1 is 1.17 bits per heavy atom. The summed E-state index contributed by atoms with van der Waals surface area (Å²) in [4.78, 5) is 14.9. The minimum atomic E-state index is 0.180. The molecule has 1 amide bonds. The molecule has 1 aliphatic heterocycles. The topological polar surface area (TPSA) is 25.2 Å². The Morgan fingerprint density at radius 3 is 2.62 bits per heavy atom. The van der Waals surface area contributed by atoms with Gasteiger partial charge in [0.2, 0.25) is 0 Å². The summed E-state index contributed by atoms with van der Waals surface area (Å²) in [5.74, 6) is 0.868. The molecule has 1 fully saturated rings. The number of rotatable bonds is 3. The number of hydrogen-bond donors (Lipinski definition) is 0. The van der Waals surface area contributed by atoms with Crippen molar-refractivity contribution < 1.29 is 4.79 Å². The number of likely N-dealkylation sites (tertiary alicyclic amines) is 1. The van der Waals surface area contributed by atoms with E-state index in [1.165, 1.54) is 10.3 Å². The van der Waals surface area contributed by atoms with Gasteiger partial charge in [-0.15, -0.1) is 11.3 Å². The molecule has 0 bridgehead atoms. The molecule has 0 saturated carbocycles. The van der Waals surface area contributed by atoms with Gasteiger partial charge in [0.05, 0.1) is 10.2 Å². The van der Waals surface area contributed by atoms with E-state index in [1.54, 1.807) is 11.3 Å². The van der Waals surface area contributed by atoms with Crippen LogP contribution in [0, 0.1) is 5.92 Å². The SMILES string of the molecule is Cn1c(C(=O)N2CCC(Cc3ccccc3)CC2)cc2sccc21. The second-order valence-corrected chi connectivity index (χ2v) is 7.63. The predicted octanol–water partition coefficient (Wildman–Crippen LogP) is 4.33. The van der Waals surface area contributed by atoms with Crippen molar-refractivity contribution in [1.82, 2.24) is 9.47 Å². The molecule has 1 saturated heterocycles. The van der Waals surface area contributed by atoms with Crippen molar-refractivity contribution in [3.63, 3.8) is 0 Å². The zero-order valence-corrected chi connectivity index (χ0v) is 14.8. The fourth-order valence-corrected chi connectivity index (χ4v) is 4.55. The average molecular weight is 338 g/mol. The van der Waals surface area contributed by atoms with Gasteiger partial charge < -0.3 is 9.47 Å². The highest BCUT2D eigenvalue weighted by Gasteiger charge is 2.25. The Hall–Kier alpha value is -2.07. The van der Waals surface area contributed by atoms with Gasteiger partial charge in [0.25, 0.3) is 5.91 Å². The zero-order valence-electron chi connectivity index (χ0n) is 13.9. The third-order valence-corrected chi connectivity index (χ3v) is 6.01. The summed E-state index contributed by atoms with van der Waals surface area (Å²) in [6.07, 6.45) is 3.32. The molecule has 1 aliphatic rings. The van der Waals surface area contributed by atoms with Crippen LogP contribution in [0.15, 0.2) is 47.8 Å². The van der Waals surface area contributed by atoms with Gasteiger partial charge in [-0.25, -0.2) is 0 Å². The average Bonchev–Trinajstić information content (AvgIpc) is 3.19. The molecule has 124 valence electrons. The quantitative estimate of drug-likeness (QED) is 0.697. The fraction of sp³-hybridized carbons (Fsp3) is 0.350. The van der Waals surface area contributed by atoms with Gasteiger partial charge in [-0.3, -0.25) is 4.79 Å². The van der Waals surface area contributed by atoms with Crippen LogP contribution >= 0.6 is 11.3 Å². The number of nitrogens with zero attached hydrogens (tertiary/aromatic N) is 2. The number of amides is 1. The summed E-state index contributed by atoms with van der Waals surface area (Å²) < 4.78 is 3.23. The van der Waals surface area contributed by atoms with E-state index in [4.69, 9.17) is 0 Å². The molecule has 1 aromatic carbocycles. The molecule has 0 radical (unpaired) electrons. The van der Waals surface area contributed by atoms with E-state index >= 15 is 0 Å². The second-order valence-electron chi connectivity index (χ2n) is 6.68. The van der Waals surface area contributed by atoms with Crippen molar-refractivity contribution in [3.8, 4) is 0 Å². The number of aromatic nitrogens is 1. The molecule has 3 aromatic rings. The molecular weight excluding hydrogens is 316 g/mol. The standard InChI is InChI=1S/C20H22N2OS/c1-21-17-9-12-24-19(17)14-18(21)20(23)22-10-7-16(8-11-22)13-15-5-3-2-4-6-15/h2-6,9,12,14,16H,7-8,10-11,13H2,1H3. The Bertz CT molecular complexity index is 841. The highest BCUT2D eigenvalue weighted by atomic mass is 32.1. The zero-order chi connectivity index (χ0) is 16.5. The van der Waals surface area contributed by atoms with Gasteiger partial charge in [-0.05, 0) is 48.3 Å². The minimum absolute atomic E-state index is 0.180. The summed E-state index contributed by atoms with van der Waals surface area (Å²) in [6.45, 7) is 1.74. The number of carbonyl (C=O) groups excluding carboxylic acids is 1. The van der Waals surface area contributed by atoms with Crippen LogP contribution in [0.25, 0.3) is 10.2 Å². The number of benzene rings is 1. The lowest BCUT2D eigenvalue weighted by Crippen LogP contribution is -2.39. The molecule has 3 nitrogen and oxygen atoms in total. The van der Waals surface area contributed by atoms with Gasteiger partial charge in [0.15, 0.2) is 0 Å². The molecule has 4 heteroatoms. The summed E-state index contributed by atoms with van der Waals surface area (Å²) in [5, 5.41) is 2.08. The van der Waals surface area contributed by atoms with Gasteiger partial charge >= 0.3 is 0 Å². The van der Waals surface area contributed by atoms with Crippen molar-refractivity contribution in [2.24, 2.45) is 13.0 Å². The number of carbonyl (C=O) groups is 1. The van der Waals surface area contributed by atoms with E-state index in [-0.39, 0.29) is 5.91 Å². The van der Waals surface area contributed by atoms with Crippen LogP contribution < -0.4 is 0 Å². The van der Waals surface area contributed by atoms with Gasteiger partial charge in [0.1, 0.15) is 5.69 Å². The van der Waals surface area contributed by atoms with Crippen LogP contribution in [0.1, 0.15) is 28.9 Å². The lowest BCUT2D eigenvalue weighted by molar-refractivity contribution is 0.0681. The first kappa shape index (κ1) is 15.5. The summed E-state index contributed by atoms with van der Waals surface area (Å²) in [7, 11) is 1.99. The number of aryl methyl sites for hydroxylation is 1. The molecule has 24 heavy (non-hydrogen) atoms. The van der Waals surface area contributed by atoms with E-state index < -0.39 is 0 Å². The summed E-state index contributed by atoms with van der Waals surface area (Å²) >= 11 is 1.70. The van der Waals surface area contributed by atoms with Crippen LogP contribution in [0.2, 0.25) is 0 Å². The molecule has 2 aromatic heterocycles. The van der Waals surface area contributed by atoms with Crippen LogP contribution in [0.5, 0.6) is 0 Å². The van der Waals surface area contributed by atoms with Gasteiger partial charge in [0, 0.05) is 20.1 Å². The highest BCUT2D eigenvalue weighted by Crippen LogP contribution is 2.27. The van der Waals surface area contributed by atoms with Crippen molar-refractivity contribution >= 4 is 27.5 Å². The molecule has 0 N–H and O–H groups in total. The maximum atomic E-state index is 12.9. The van der Waals surface area contributed by atoms with E-state index in [1.807, 2.05) is 22.6 Å². The molecule has 0 unspecified atom stereocenters. The van der Waals surface area contributed by atoms with Crippen molar-refractivity contribution in [1.29, 1.82) is 0 Å². The third-order valence-electron chi connectivity index (χ3n) is 5.15. The second kappa shape index (κ2) is 6.44. The van der Waals surface area contributed by atoms with E-state index in [0.717, 1.165) is 43.6 Å². The third kappa shape index (κ3) is 2.86. The number of fused-ring (bicyclic) bond motifs is 1. The van der Waals surface area contributed by atoms with Crippen LogP contribution in [-0.4, -0.2) is 28.5 Å². The maximum Gasteiger partial charge on any atom is 0.270 e. The van der Waals surface area contributed by atoms with Crippen molar-refractivity contribution in [2.45, 2.75) is 19.3 Å². The number of hydrogen-bond acceptors (Lipinski definition) is 2. The Balaban J connectivity index is 1.41. The lowest BCUT2D eigenvalue weighted by atomic mass is 9.90. The number of thiophene rings is 1. The lowest BCUT2D eigenvalue weighted by Gasteiger charge is -2.32. The monoisotopic (exact) mass is 338 g/mol. The molecule has 3 heterocycles. The van der Waals surface area contributed by atoms with Crippen LogP contribution in [0.4, 0.5) is 0 Å². The first-order valence-corrected chi connectivity index (χ1v) is 9.46. The Kier molecular flexibility index (Phi) is 4.15. The van der Waals surface area contributed by atoms with Gasteiger partial charge in [-0.1, -0.05) is 30.3 Å². The molecule has 0 atom stereocenters. The van der Waals surface area contributed by atoms with E-state index in [9.17, 15) is 4.79 Å². The normalized spacial score (nSPS) is 16.0. The van der Waals surface area contributed by atoms with Gasteiger partial charge in [-0.2, -0.15) is 0 Å². The molecular formula is C20H22N2OS. The Labute approximate surface area is 146 Å². The minimum Gasteiger partial charge on any atom is -0.339 e. The van der Waals surface area contributed by atoms with E-state index in [0.29, 0.717) is 5.92 Å². The predicted molar refractivity (Wildman–Crippen MR) is 99.6 cm³/mol. The molecule has 4 rings (SSSR count). The summed E-state index contributed by atoms with van der Waals surface area (Å²) in [5.41, 5.74) is 3.38. The maximum absolute atomic E-state index is 12.9. The first-order chi connectivity index (χ1) is 11.7. The largest absolute Gasteiger partial charge is 0.339 e. The van der Waals surface area contributed by atoms with Crippen molar-refractivity contribution in [2.75, 3.05) is 13.1 Å². The molecule has 0 spiro atoms. The highest BCUT2D eigenvalue weighted by molar-refractivity contribution is 7.17. The van der Waals surface area contributed by atoms with Crippen molar-refractivity contribution in [3.05, 3.63) is 59.1 Å². The first-order valence-electron chi connectivity index (χ1n) is 8.58. The van der Waals surface area contributed by atoms with E-state index in [2.05, 4.69) is 41.8 Å². The number of piperidine rings is 1. The summed E-state index contributed by atoms with van der Waals surface area (Å²) in [6, 6.07) is 14.8. The fourth-order valence-electron chi connectivity index (χ4n) is 3.70. The Morgan fingerprint density at radius 2 is 1.92 bits per heavy atom. The van der Waals surface area contributed by atoms with Crippen LogP contribution in [-0.2, 0) is 13.5 Å². The smallest absolute Gasteiger partial charge is 0.270 e. The molecule has 0 aliphatic carbocycles.